The second-order valence-electron chi connectivity index (χ2n) is 5.43. The quantitative estimate of drug-likeness (QED) is 0.839. The Morgan fingerprint density at radius 1 is 1.29 bits per heavy atom. The molecular formula is C16H21BrClN3. The van der Waals surface area contributed by atoms with Gasteiger partial charge in [0.1, 0.15) is 0 Å². The molecule has 0 saturated carbocycles. The predicted molar refractivity (Wildman–Crippen MR) is 91.9 cm³/mol. The minimum atomic E-state index is 0.489. The first kappa shape index (κ1) is 16.5. The minimum absolute atomic E-state index is 0.489. The molecule has 0 radical (unpaired) electrons. The molecule has 0 aliphatic carbocycles. The van der Waals surface area contributed by atoms with E-state index in [9.17, 15) is 0 Å². The van der Waals surface area contributed by atoms with Gasteiger partial charge in [0.25, 0.3) is 0 Å². The van der Waals surface area contributed by atoms with E-state index in [4.69, 9.17) is 11.6 Å². The van der Waals surface area contributed by atoms with Crippen LogP contribution >= 0.6 is 27.5 Å². The maximum absolute atomic E-state index is 6.37. The highest BCUT2D eigenvalue weighted by Crippen LogP contribution is 2.24. The lowest BCUT2D eigenvalue weighted by Gasteiger charge is -2.17. The largest absolute Gasteiger partial charge is 0.319 e. The highest BCUT2D eigenvalue weighted by Gasteiger charge is 2.17. The Bertz CT molecular complexity index is 592. The van der Waals surface area contributed by atoms with Crippen LogP contribution in [0.3, 0.4) is 0 Å². The summed E-state index contributed by atoms with van der Waals surface area (Å²) in [5.41, 5.74) is 3.36. The van der Waals surface area contributed by atoms with E-state index in [-0.39, 0.29) is 0 Å². The number of benzene rings is 1. The molecule has 1 aromatic carbocycles. The molecule has 2 rings (SSSR count). The summed E-state index contributed by atoms with van der Waals surface area (Å²) < 4.78 is 3.02. The third-order valence-electron chi connectivity index (χ3n) is 3.67. The van der Waals surface area contributed by atoms with Crippen LogP contribution in [0.4, 0.5) is 0 Å². The molecule has 1 N–H and O–H groups in total. The van der Waals surface area contributed by atoms with E-state index in [0.717, 1.165) is 40.3 Å². The fourth-order valence-electron chi connectivity index (χ4n) is 2.63. The zero-order chi connectivity index (χ0) is 15.4. The molecule has 114 valence electrons. The van der Waals surface area contributed by atoms with Crippen molar-refractivity contribution in [2.45, 2.75) is 19.8 Å². The molecule has 0 aliphatic rings. The number of hydrogen-bond acceptors (Lipinski definition) is 2. The fourth-order valence-corrected chi connectivity index (χ4v) is 3.14. The molecule has 21 heavy (non-hydrogen) atoms. The summed E-state index contributed by atoms with van der Waals surface area (Å²) in [5.74, 6) is 0.489. The second-order valence-corrected chi connectivity index (χ2v) is 6.72. The molecule has 1 atom stereocenters. The molecule has 0 spiro atoms. The van der Waals surface area contributed by atoms with Crippen LogP contribution in [-0.2, 0) is 19.9 Å². The van der Waals surface area contributed by atoms with Crippen molar-refractivity contribution in [2.75, 3.05) is 13.6 Å². The topological polar surface area (TPSA) is 29.9 Å². The Morgan fingerprint density at radius 3 is 2.48 bits per heavy atom. The smallest absolute Gasteiger partial charge is 0.0847 e. The fraction of sp³-hybridized carbons (Fsp3) is 0.438. The lowest BCUT2D eigenvalue weighted by Crippen LogP contribution is -2.23. The maximum atomic E-state index is 6.37. The SMILES string of the molecule is CNCC(Cc1ccc(Br)cc1)Cc1c(Cl)c(C)nn1C. The van der Waals surface area contributed by atoms with Gasteiger partial charge in [-0.2, -0.15) is 5.10 Å². The highest BCUT2D eigenvalue weighted by atomic mass is 79.9. The molecule has 3 nitrogen and oxygen atoms in total. The first-order valence-electron chi connectivity index (χ1n) is 7.08. The Balaban J connectivity index is 2.13. The van der Waals surface area contributed by atoms with E-state index in [1.165, 1.54) is 5.56 Å². The van der Waals surface area contributed by atoms with Gasteiger partial charge in [-0.1, -0.05) is 39.7 Å². The van der Waals surface area contributed by atoms with Gasteiger partial charge in [-0.15, -0.1) is 0 Å². The zero-order valence-electron chi connectivity index (χ0n) is 12.7. The predicted octanol–water partition coefficient (Wildman–Crippen LogP) is 3.77. The molecule has 1 aromatic heterocycles. The van der Waals surface area contributed by atoms with Gasteiger partial charge in [-0.05, 0) is 57.0 Å². The van der Waals surface area contributed by atoms with Crippen LogP contribution in [0.15, 0.2) is 28.7 Å². The molecule has 0 aliphatic heterocycles. The summed E-state index contributed by atoms with van der Waals surface area (Å²) in [7, 11) is 3.95. The number of nitrogens with zero attached hydrogens (tertiary/aromatic N) is 2. The molecule has 1 unspecified atom stereocenters. The van der Waals surface area contributed by atoms with Crippen LogP contribution in [0.5, 0.6) is 0 Å². The summed E-state index contributed by atoms with van der Waals surface area (Å²) in [6.07, 6.45) is 1.95. The van der Waals surface area contributed by atoms with E-state index in [0.29, 0.717) is 5.92 Å². The van der Waals surface area contributed by atoms with Crippen LogP contribution in [0, 0.1) is 12.8 Å². The summed E-state index contributed by atoms with van der Waals surface area (Å²) in [6.45, 7) is 2.91. The van der Waals surface area contributed by atoms with E-state index < -0.39 is 0 Å². The standard InChI is InChI=1S/C16H21BrClN3/c1-11-16(18)15(21(3)20-11)9-13(10-19-2)8-12-4-6-14(17)7-5-12/h4-7,13,19H,8-10H2,1-3H3. The van der Waals surface area contributed by atoms with Crippen molar-refractivity contribution in [3.8, 4) is 0 Å². The van der Waals surface area contributed by atoms with Crippen LogP contribution in [0.25, 0.3) is 0 Å². The van der Waals surface area contributed by atoms with Crippen molar-refractivity contribution >= 4 is 27.5 Å². The van der Waals surface area contributed by atoms with Crippen LogP contribution < -0.4 is 5.32 Å². The van der Waals surface area contributed by atoms with Gasteiger partial charge in [0.05, 0.1) is 16.4 Å². The van der Waals surface area contributed by atoms with Gasteiger partial charge < -0.3 is 5.32 Å². The summed E-state index contributed by atoms with van der Waals surface area (Å²) in [4.78, 5) is 0. The van der Waals surface area contributed by atoms with Gasteiger partial charge in [0, 0.05) is 11.5 Å². The van der Waals surface area contributed by atoms with Crippen molar-refractivity contribution in [3.05, 3.63) is 50.7 Å². The number of nitrogens with one attached hydrogen (secondary N) is 1. The van der Waals surface area contributed by atoms with Crippen molar-refractivity contribution in [2.24, 2.45) is 13.0 Å². The van der Waals surface area contributed by atoms with Crippen molar-refractivity contribution in [3.63, 3.8) is 0 Å². The molecule has 0 amide bonds. The van der Waals surface area contributed by atoms with Crippen molar-refractivity contribution in [1.29, 1.82) is 0 Å². The number of hydrogen-bond donors (Lipinski definition) is 1. The normalized spacial score (nSPS) is 12.6. The molecule has 5 heteroatoms. The zero-order valence-corrected chi connectivity index (χ0v) is 15.0. The van der Waals surface area contributed by atoms with Gasteiger partial charge in [0.15, 0.2) is 0 Å². The number of rotatable bonds is 6. The van der Waals surface area contributed by atoms with Gasteiger partial charge in [0.2, 0.25) is 0 Å². The monoisotopic (exact) mass is 369 g/mol. The molecule has 2 aromatic rings. The lowest BCUT2D eigenvalue weighted by atomic mass is 9.94. The summed E-state index contributed by atoms with van der Waals surface area (Å²) >= 11 is 9.85. The first-order valence-corrected chi connectivity index (χ1v) is 8.25. The summed E-state index contributed by atoms with van der Waals surface area (Å²) in [6, 6.07) is 8.52. The lowest BCUT2D eigenvalue weighted by molar-refractivity contribution is 0.477. The maximum Gasteiger partial charge on any atom is 0.0847 e. The van der Waals surface area contributed by atoms with E-state index in [2.05, 4.69) is 50.6 Å². The summed E-state index contributed by atoms with van der Waals surface area (Å²) in [5, 5.41) is 8.48. The number of halogens is 2. The molecule has 1 heterocycles. The first-order chi connectivity index (χ1) is 10.0. The third kappa shape index (κ3) is 4.31. The Morgan fingerprint density at radius 2 is 1.95 bits per heavy atom. The minimum Gasteiger partial charge on any atom is -0.319 e. The van der Waals surface area contributed by atoms with E-state index in [1.807, 2.05) is 25.7 Å². The Kier molecular flexibility index (Phi) is 5.85. The Hall–Kier alpha value is -0.840. The number of aryl methyl sites for hydroxylation is 2. The van der Waals surface area contributed by atoms with Gasteiger partial charge in [-0.3, -0.25) is 4.68 Å². The molecule has 0 saturated heterocycles. The average molecular weight is 371 g/mol. The van der Waals surface area contributed by atoms with E-state index >= 15 is 0 Å². The molecule has 0 bridgehead atoms. The van der Waals surface area contributed by atoms with Crippen molar-refractivity contribution in [1.82, 2.24) is 15.1 Å². The average Bonchev–Trinajstić information content (AvgIpc) is 2.68. The van der Waals surface area contributed by atoms with E-state index in [1.54, 1.807) is 0 Å². The highest BCUT2D eigenvalue weighted by molar-refractivity contribution is 9.10. The third-order valence-corrected chi connectivity index (χ3v) is 4.69. The van der Waals surface area contributed by atoms with Crippen LogP contribution in [-0.4, -0.2) is 23.4 Å². The van der Waals surface area contributed by atoms with Gasteiger partial charge in [-0.25, -0.2) is 0 Å². The van der Waals surface area contributed by atoms with Crippen LogP contribution in [0.1, 0.15) is 17.0 Å². The molecule has 0 fully saturated rings. The van der Waals surface area contributed by atoms with Crippen LogP contribution in [0.2, 0.25) is 5.02 Å². The van der Waals surface area contributed by atoms with Crippen molar-refractivity contribution < 1.29 is 0 Å². The number of aromatic nitrogens is 2. The van der Waals surface area contributed by atoms with Gasteiger partial charge >= 0.3 is 0 Å². The molecular weight excluding hydrogens is 350 g/mol. The second kappa shape index (κ2) is 7.43. The Labute approximate surface area is 139 Å².